The number of nitrogens with zero attached hydrogens (tertiary/aromatic N) is 3. The Morgan fingerprint density at radius 3 is 2.70 bits per heavy atom. The lowest BCUT2D eigenvalue weighted by atomic mass is 9.92. The standard InChI is InChI=1S/C19H21ClFN5O3S/c1-18(2)17(22)25-19(3,9-30(18,27)28)12-7-11(4-5-13(12)21)24-16-15-14(29-26-16)6-10(20)8-23-15/h4-8,27-28H,9H2,1-3H3,(H2,22,25)(H,24,26)/t19-/m1/s1. The van der Waals surface area contributed by atoms with Gasteiger partial charge in [0, 0.05) is 23.5 Å². The molecule has 1 aliphatic rings. The molecule has 30 heavy (non-hydrogen) atoms. The maximum atomic E-state index is 14.8. The lowest BCUT2D eigenvalue weighted by Crippen LogP contribution is -2.52. The van der Waals surface area contributed by atoms with E-state index in [1.54, 1.807) is 26.8 Å². The minimum atomic E-state index is -3.17. The van der Waals surface area contributed by atoms with E-state index in [0.717, 1.165) is 0 Å². The van der Waals surface area contributed by atoms with Gasteiger partial charge in [0.2, 0.25) is 5.82 Å². The van der Waals surface area contributed by atoms with Gasteiger partial charge < -0.3 is 15.6 Å². The fourth-order valence-corrected chi connectivity index (χ4v) is 5.24. The zero-order valence-corrected chi connectivity index (χ0v) is 18.1. The molecule has 1 atom stereocenters. The van der Waals surface area contributed by atoms with Crippen molar-refractivity contribution in [2.75, 3.05) is 11.1 Å². The zero-order valence-electron chi connectivity index (χ0n) is 16.5. The second kappa shape index (κ2) is 6.81. The molecular weight excluding hydrogens is 433 g/mol. The molecule has 2 aromatic heterocycles. The Balaban J connectivity index is 1.74. The summed E-state index contributed by atoms with van der Waals surface area (Å²) in [7, 11) is -3.17. The predicted molar refractivity (Wildman–Crippen MR) is 117 cm³/mol. The monoisotopic (exact) mass is 453 g/mol. The van der Waals surface area contributed by atoms with E-state index in [-0.39, 0.29) is 17.2 Å². The number of amidine groups is 1. The van der Waals surface area contributed by atoms with Crippen molar-refractivity contribution in [3.63, 3.8) is 0 Å². The molecule has 0 radical (unpaired) electrons. The number of hydrogen-bond acceptors (Lipinski definition) is 8. The summed E-state index contributed by atoms with van der Waals surface area (Å²) >= 11 is 5.91. The van der Waals surface area contributed by atoms with Crippen molar-refractivity contribution in [3.05, 3.63) is 46.9 Å². The third-order valence-corrected chi connectivity index (χ3v) is 8.39. The van der Waals surface area contributed by atoms with Crippen LogP contribution in [0.5, 0.6) is 0 Å². The van der Waals surface area contributed by atoms with Gasteiger partial charge in [0.15, 0.2) is 11.1 Å². The molecule has 3 heterocycles. The maximum Gasteiger partial charge on any atom is 0.200 e. The van der Waals surface area contributed by atoms with Crippen LogP contribution in [0.3, 0.4) is 0 Å². The number of aromatic nitrogens is 2. The number of fused-ring (bicyclic) bond motifs is 1. The van der Waals surface area contributed by atoms with Crippen LogP contribution in [-0.4, -0.2) is 35.6 Å². The SMILES string of the molecule is CC1(C)C(N)=N[C@@](C)(c2cc(Nc3noc4cc(Cl)cnc34)ccc2F)CS1(O)O. The molecule has 0 saturated carbocycles. The Morgan fingerprint density at radius 2 is 2.00 bits per heavy atom. The second-order valence-electron chi connectivity index (χ2n) is 7.94. The van der Waals surface area contributed by atoms with Gasteiger partial charge >= 0.3 is 0 Å². The maximum absolute atomic E-state index is 14.8. The largest absolute Gasteiger partial charge is 0.386 e. The van der Waals surface area contributed by atoms with Gasteiger partial charge in [0.25, 0.3) is 0 Å². The number of halogens is 2. The third kappa shape index (κ3) is 3.29. The minimum absolute atomic E-state index is 0.0672. The summed E-state index contributed by atoms with van der Waals surface area (Å²) in [5.74, 6) is -0.287. The quantitative estimate of drug-likeness (QED) is 0.444. The lowest BCUT2D eigenvalue weighted by Gasteiger charge is -2.53. The summed E-state index contributed by atoms with van der Waals surface area (Å²) in [6.45, 7) is 4.86. The van der Waals surface area contributed by atoms with Crippen LogP contribution in [0.2, 0.25) is 5.02 Å². The number of nitrogens with one attached hydrogen (secondary N) is 1. The van der Waals surface area contributed by atoms with Crippen LogP contribution in [0.1, 0.15) is 26.3 Å². The Kier molecular flexibility index (Phi) is 4.73. The van der Waals surface area contributed by atoms with Crippen LogP contribution >= 0.6 is 22.2 Å². The highest BCUT2D eigenvalue weighted by atomic mass is 35.5. The van der Waals surface area contributed by atoms with Crippen molar-refractivity contribution >= 4 is 50.6 Å². The van der Waals surface area contributed by atoms with Crippen molar-refractivity contribution in [1.29, 1.82) is 0 Å². The third-order valence-electron chi connectivity index (χ3n) is 5.37. The van der Waals surface area contributed by atoms with E-state index in [1.165, 1.54) is 24.4 Å². The Morgan fingerprint density at radius 1 is 1.27 bits per heavy atom. The minimum Gasteiger partial charge on any atom is -0.386 e. The van der Waals surface area contributed by atoms with Crippen LogP contribution in [0.4, 0.5) is 15.9 Å². The Bertz CT molecular complexity index is 1180. The predicted octanol–water partition coefficient (Wildman–Crippen LogP) is 4.87. The van der Waals surface area contributed by atoms with Gasteiger partial charge in [-0.25, -0.2) is 9.37 Å². The molecule has 1 aliphatic heterocycles. The molecule has 160 valence electrons. The van der Waals surface area contributed by atoms with Gasteiger partial charge in [-0.15, -0.1) is 0 Å². The smallest absolute Gasteiger partial charge is 0.200 e. The van der Waals surface area contributed by atoms with Gasteiger partial charge in [-0.1, -0.05) is 16.8 Å². The van der Waals surface area contributed by atoms with Gasteiger partial charge in [-0.2, -0.15) is 10.6 Å². The van der Waals surface area contributed by atoms with Crippen molar-refractivity contribution in [2.45, 2.75) is 31.1 Å². The molecule has 8 nitrogen and oxygen atoms in total. The lowest BCUT2D eigenvalue weighted by molar-refractivity contribution is 0.417. The fourth-order valence-electron chi connectivity index (χ4n) is 3.35. The number of aliphatic imine (C=N–C) groups is 1. The highest BCUT2D eigenvalue weighted by molar-refractivity contribution is 8.26. The topological polar surface area (TPSA) is 130 Å². The van der Waals surface area contributed by atoms with Gasteiger partial charge in [-0.3, -0.25) is 14.1 Å². The van der Waals surface area contributed by atoms with Crippen LogP contribution in [-0.2, 0) is 5.54 Å². The van der Waals surface area contributed by atoms with Gasteiger partial charge in [0.1, 0.15) is 21.9 Å². The molecule has 3 aromatic rings. The number of benzene rings is 1. The van der Waals surface area contributed by atoms with E-state index in [2.05, 4.69) is 20.4 Å². The summed E-state index contributed by atoms with van der Waals surface area (Å²) in [6, 6.07) is 5.92. The summed E-state index contributed by atoms with van der Waals surface area (Å²) in [6.07, 6.45) is 1.47. The first-order chi connectivity index (χ1) is 13.9. The van der Waals surface area contributed by atoms with Crippen molar-refractivity contribution in [3.8, 4) is 0 Å². The molecular formula is C19H21ClFN5O3S. The van der Waals surface area contributed by atoms with Crippen molar-refractivity contribution < 1.29 is 18.0 Å². The van der Waals surface area contributed by atoms with E-state index in [9.17, 15) is 13.5 Å². The first-order valence-corrected chi connectivity index (χ1v) is 11.1. The highest BCUT2D eigenvalue weighted by Crippen LogP contribution is 2.59. The molecule has 0 fully saturated rings. The molecule has 11 heteroatoms. The number of rotatable bonds is 3. The summed E-state index contributed by atoms with van der Waals surface area (Å²) in [5, 5.41) is 7.40. The second-order valence-corrected chi connectivity index (χ2v) is 11.0. The highest BCUT2D eigenvalue weighted by Gasteiger charge is 2.49. The van der Waals surface area contributed by atoms with E-state index in [1.807, 2.05) is 0 Å². The van der Waals surface area contributed by atoms with E-state index in [0.29, 0.717) is 27.6 Å². The van der Waals surface area contributed by atoms with Crippen LogP contribution < -0.4 is 11.1 Å². The summed E-state index contributed by atoms with van der Waals surface area (Å²) in [4.78, 5) is 8.66. The molecule has 0 spiro atoms. The van der Waals surface area contributed by atoms with Gasteiger partial charge in [-0.05, 0) is 39.0 Å². The van der Waals surface area contributed by atoms with E-state index < -0.39 is 26.7 Å². The molecule has 0 bridgehead atoms. The number of pyridine rings is 1. The van der Waals surface area contributed by atoms with Crippen molar-refractivity contribution in [2.24, 2.45) is 10.7 Å². The van der Waals surface area contributed by atoms with Crippen LogP contribution in [0.15, 0.2) is 40.0 Å². The average molecular weight is 454 g/mol. The van der Waals surface area contributed by atoms with E-state index in [4.69, 9.17) is 21.9 Å². The fraction of sp³-hybridized carbons (Fsp3) is 0.316. The van der Waals surface area contributed by atoms with Crippen LogP contribution in [0.25, 0.3) is 11.1 Å². The number of nitrogens with two attached hydrogens (primary N) is 1. The molecule has 0 amide bonds. The molecule has 0 aliphatic carbocycles. The zero-order chi connectivity index (χ0) is 21.9. The van der Waals surface area contributed by atoms with Gasteiger partial charge in [0.05, 0.1) is 10.8 Å². The summed E-state index contributed by atoms with van der Waals surface area (Å²) < 4.78 is 40.3. The number of hydrogen-bond donors (Lipinski definition) is 4. The Hall–Kier alpha value is -2.40. The average Bonchev–Trinajstić information content (AvgIpc) is 3.03. The normalized spacial score (nSPS) is 23.8. The van der Waals surface area contributed by atoms with E-state index >= 15 is 0 Å². The first-order valence-electron chi connectivity index (χ1n) is 9.02. The first kappa shape index (κ1) is 20.9. The van der Waals surface area contributed by atoms with Crippen LogP contribution in [0, 0.1) is 5.82 Å². The number of anilines is 2. The molecule has 4 rings (SSSR count). The van der Waals surface area contributed by atoms with Crippen molar-refractivity contribution in [1.82, 2.24) is 10.1 Å². The molecule has 5 N–H and O–H groups in total. The molecule has 1 aromatic carbocycles. The Labute approximate surface area is 178 Å². The molecule has 0 unspecified atom stereocenters. The molecule has 0 saturated heterocycles. The summed E-state index contributed by atoms with van der Waals surface area (Å²) in [5.41, 5.74) is 6.33.